The summed E-state index contributed by atoms with van der Waals surface area (Å²) in [5, 5.41) is 6.79. The molecule has 0 aliphatic heterocycles. The van der Waals surface area contributed by atoms with Gasteiger partial charge < -0.3 is 18.3 Å². The monoisotopic (exact) mass is 723 g/mol. The molecule has 6 heteroatoms. The summed E-state index contributed by atoms with van der Waals surface area (Å²) in [6, 6.07) is 61.9. The van der Waals surface area contributed by atoms with Crippen LogP contribution in [0, 0.1) is 0 Å². The van der Waals surface area contributed by atoms with Crippen molar-refractivity contribution in [2.75, 3.05) is 4.90 Å². The Labute approximate surface area is 318 Å². The quantitative estimate of drug-likeness (QED) is 0.177. The lowest BCUT2D eigenvalue weighted by Gasteiger charge is -2.26. The molecular formula is C49H29N3O2S. The van der Waals surface area contributed by atoms with E-state index in [-0.39, 0.29) is 0 Å². The van der Waals surface area contributed by atoms with Gasteiger partial charge in [-0.05, 0) is 84.9 Å². The molecule has 0 N–H and O–H groups in total. The summed E-state index contributed by atoms with van der Waals surface area (Å²) in [4.78, 5) is 7.59. The zero-order valence-corrected chi connectivity index (χ0v) is 30.1. The Kier molecular flexibility index (Phi) is 6.44. The highest BCUT2D eigenvalue weighted by molar-refractivity contribution is 7.25. The minimum absolute atomic E-state index is 0.564. The molecule has 0 atom stereocenters. The van der Waals surface area contributed by atoms with Gasteiger partial charge in [-0.15, -0.1) is 11.3 Å². The van der Waals surface area contributed by atoms with Crippen LogP contribution in [0.5, 0.6) is 0 Å². The molecule has 0 aliphatic rings. The second-order valence-corrected chi connectivity index (χ2v) is 15.0. The van der Waals surface area contributed by atoms with Gasteiger partial charge in [-0.1, -0.05) is 91.0 Å². The van der Waals surface area contributed by atoms with E-state index in [0.29, 0.717) is 11.5 Å². The maximum Gasteiger partial charge on any atom is 0.227 e. The number of hydrogen-bond acceptors (Lipinski definition) is 5. The van der Waals surface area contributed by atoms with Gasteiger partial charge in [0.1, 0.15) is 16.8 Å². The van der Waals surface area contributed by atoms with Crippen molar-refractivity contribution in [3.63, 3.8) is 0 Å². The maximum atomic E-state index is 6.87. The van der Waals surface area contributed by atoms with Gasteiger partial charge in [-0.2, -0.15) is 0 Å². The topological polar surface area (TPSA) is 47.3 Å². The molecule has 5 nitrogen and oxygen atoms in total. The summed E-state index contributed by atoms with van der Waals surface area (Å²) in [5.41, 5.74) is 10.1. The molecule has 12 aromatic rings. The van der Waals surface area contributed by atoms with Crippen LogP contribution in [0.2, 0.25) is 0 Å². The normalized spacial score (nSPS) is 12.0. The lowest BCUT2D eigenvalue weighted by Crippen LogP contribution is -2.11. The van der Waals surface area contributed by atoms with Crippen molar-refractivity contribution >= 4 is 103 Å². The van der Waals surface area contributed by atoms with Crippen LogP contribution in [-0.2, 0) is 0 Å². The number of thiophene rings is 1. The summed E-state index contributed by atoms with van der Waals surface area (Å²) in [6.07, 6.45) is 0. The Morgan fingerprint density at radius 3 is 1.98 bits per heavy atom. The molecule has 0 unspecified atom stereocenters. The highest BCUT2D eigenvalue weighted by Gasteiger charge is 2.27. The number of rotatable bonds is 5. The van der Waals surface area contributed by atoms with Gasteiger partial charge in [0.2, 0.25) is 5.89 Å². The summed E-state index contributed by atoms with van der Waals surface area (Å²) < 4.78 is 18.4. The second kappa shape index (κ2) is 11.7. The first-order chi connectivity index (χ1) is 27.3. The smallest absolute Gasteiger partial charge is 0.227 e. The first-order valence-corrected chi connectivity index (χ1v) is 19.2. The zero-order chi connectivity index (χ0) is 36.0. The molecule has 258 valence electrons. The minimum atomic E-state index is 0.564. The van der Waals surface area contributed by atoms with E-state index in [2.05, 4.69) is 143 Å². The average Bonchev–Trinajstić information content (AvgIpc) is 4.02. The van der Waals surface area contributed by atoms with Crippen molar-refractivity contribution in [3.8, 4) is 17.1 Å². The van der Waals surface area contributed by atoms with Gasteiger partial charge in [-0.3, -0.25) is 0 Å². The number of nitrogens with zero attached hydrogens (tertiary/aromatic N) is 3. The Hall–Kier alpha value is -7.15. The zero-order valence-electron chi connectivity index (χ0n) is 29.3. The summed E-state index contributed by atoms with van der Waals surface area (Å²) in [5.74, 6) is 0.564. The van der Waals surface area contributed by atoms with Crippen LogP contribution in [0.3, 0.4) is 0 Å². The van der Waals surface area contributed by atoms with Crippen LogP contribution >= 0.6 is 11.3 Å². The third-order valence-electron chi connectivity index (χ3n) is 10.8. The summed E-state index contributed by atoms with van der Waals surface area (Å²) in [6.45, 7) is 0. The van der Waals surface area contributed by atoms with Crippen molar-refractivity contribution in [1.29, 1.82) is 0 Å². The molecule has 0 saturated heterocycles. The van der Waals surface area contributed by atoms with Crippen molar-refractivity contribution in [3.05, 3.63) is 176 Å². The largest absolute Gasteiger partial charge is 0.454 e. The number of anilines is 3. The third-order valence-corrected chi connectivity index (χ3v) is 11.9. The number of oxazole rings is 1. The lowest BCUT2D eigenvalue weighted by molar-refractivity contribution is 0.620. The number of benzene rings is 8. The molecule has 12 rings (SSSR count). The van der Waals surface area contributed by atoms with E-state index in [1.54, 1.807) is 0 Å². The summed E-state index contributed by atoms with van der Waals surface area (Å²) in [7, 11) is 0. The second-order valence-electron chi connectivity index (χ2n) is 13.9. The first kappa shape index (κ1) is 30.3. The Morgan fingerprint density at radius 1 is 0.473 bits per heavy atom. The van der Waals surface area contributed by atoms with Crippen LogP contribution in [-0.4, -0.2) is 9.55 Å². The average molecular weight is 724 g/mol. The molecule has 4 aromatic heterocycles. The van der Waals surface area contributed by atoms with E-state index in [4.69, 9.17) is 13.8 Å². The number of para-hydroxylation sites is 3. The van der Waals surface area contributed by atoms with Crippen LogP contribution in [0.15, 0.2) is 185 Å². The van der Waals surface area contributed by atoms with Crippen LogP contribution in [0.25, 0.3) is 92.2 Å². The van der Waals surface area contributed by atoms with Crippen molar-refractivity contribution in [2.24, 2.45) is 0 Å². The van der Waals surface area contributed by atoms with Gasteiger partial charge >= 0.3 is 0 Å². The van der Waals surface area contributed by atoms with E-state index in [9.17, 15) is 0 Å². The molecular weight excluding hydrogens is 695 g/mol. The van der Waals surface area contributed by atoms with Crippen LogP contribution < -0.4 is 4.90 Å². The minimum Gasteiger partial charge on any atom is -0.454 e. The lowest BCUT2D eigenvalue weighted by atomic mass is 10.1. The molecule has 8 aromatic carbocycles. The molecule has 0 amide bonds. The fourth-order valence-electron chi connectivity index (χ4n) is 8.35. The van der Waals surface area contributed by atoms with Gasteiger partial charge in [0.15, 0.2) is 11.2 Å². The SMILES string of the molecule is c1ccc(-c2nc3c(N(c4ccc5sc6ccccc6c5c4)c4ccc5c(c4)c4ccccc4n5-c4ccccc4)c4oc5ccccc5c4cc3o2)cc1. The molecule has 0 bridgehead atoms. The fraction of sp³-hybridized carbons (Fsp3) is 0. The highest BCUT2D eigenvalue weighted by atomic mass is 32.1. The molecule has 0 saturated carbocycles. The Morgan fingerprint density at radius 2 is 1.13 bits per heavy atom. The number of aromatic nitrogens is 2. The van der Waals surface area contributed by atoms with E-state index in [0.717, 1.165) is 72.2 Å². The van der Waals surface area contributed by atoms with Crippen LogP contribution in [0.1, 0.15) is 0 Å². The first-order valence-electron chi connectivity index (χ1n) is 18.4. The highest BCUT2D eigenvalue weighted by Crippen LogP contribution is 2.49. The maximum absolute atomic E-state index is 6.87. The van der Waals surface area contributed by atoms with Crippen molar-refractivity contribution in [2.45, 2.75) is 0 Å². The fourth-order valence-corrected chi connectivity index (χ4v) is 9.44. The van der Waals surface area contributed by atoms with Crippen molar-refractivity contribution < 1.29 is 8.83 Å². The van der Waals surface area contributed by atoms with Crippen molar-refractivity contribution in [1.82, 2.24) is 9.55 Å². The van der Waals surface area contributed by atoms with Crippen LogP contribution in [0.4, 0.5) is 17.1 Å². The number of hydrogen-bond donors (Lipinski definition) is 0. The molecule has 0 aliphatic carbocycles. The number of furan rings is 1. The van der Waals surface area contributed by atoms with E-state index >= 15 is 0 Å². The molecule has 0 radical (unpaired) electrons. The molecule has 0 fully saturated rings. The molecule has 4 heterocycles. The molecule has 55 heavy (non-hydrogen) atoms. The Bertz CT molecular complexity index is 3450. The number of fused-ring (bicyclic) bond motifs is 10. The van der Waals surface area contributed by atoms with Gasteiger partial charge in [0.05, 0.1) is 11.0 Å². The van der Waals surface area contributed by atoms with E-state index in [1.807, 2.05) is 53.8 Å². The van der Waals surface area contributed by atoms with E-state index < -0.39 is 0 Å². The Balaban J connectivity index is 1.21. The van der Waals surface area contributed by atoms with Gasteiger partial charge in [0.25, 0.3) is 0 Å². The van der Waals surface area contributed by atoms with Gasteiger partial charge in [-0.25, -0.2) is 4.98 Å². The predicted molar refractivity (Wildman–Crippen MR) is 229 cm³/mol. The summed E-state index contributed by atoms with van der Waals surface area (Å²) >= 11 is 1.82. The third kappa shape index (κ3) is 4.55. The predicted octanol–water partition coefficient (Wildman–Crippen LogP) is 14.3. The molecule has 0 spiro atoms. The standard InChI is InChI=1S/C49H29N3O2S/c1-3-13-30(14-4-1)49-50-46-43(54-49)29-39-35-18-8-11-21-42(35)53-48(39)47(46)51(33-24-26-45-38(28-33)36-19-9-12-22-44(36)55-45)32-23-25-41-37(27-32)34-17-7-10-20-40(34)52(41)31-15-5-2-6-16-31/h1-29H. The van der Waals surface area contributed by atoms with E-state index in [1.165, 1.54) is 25.6 Å². The van der Waals surface area contributed by atoms with Gasteiger partial charge in [0, 0.05) is 64.3 Å².